The molecule has 1 heterocycles. The lowest BCUT2D eigenvalue weighted by molar-refractivity contribution is -0.120. The van der Waals surface area contributed by atoms with Crippen molar-refractivity contribution in [3.63, 3.8) is 0 Å². The van der Waals surface area contributed by atoms with E-state index in [4.69, 9.17) is 4.74 Å². The van der Waals surface area contributed by atoms with Gasteiger partial charge in [0.15, 0.2) is 9.84 Å². The Morgan fingerprint density at radius 3 is 2.53 bits per heavy atom. The summed E-state index contributed by atoms with van der Waals surface area (Å²) in [7, 11) is -3.42. The van der Waals surface area contributed by atoms with Gasteiger partial charge < -0.3 is 10.1 Å². The van der Waals surface area contributed by atoms with Crippen LogP contribution in [0.25, 0.3) is 0 Å². The summed E-state index contributed by atoms with van der Waals surface area (Å²) in [6.07, 6.45) is 1.95. The lowest BCUT2D eigenvalue weighted by atomic mass is 10.0. The molecule has 1 N–H and O–H groups in total. The second kappa shape index (κ2) is 6.22. The summed E-state index contributed by atoms with van der Waals surface area (Å²) < 4.78 is 29.6. The molecule has 0 bridgehead atoms. The van der Waals surface area contributed by atoms with Crippen LogP contribution in [0.5, 0.6) is 0 Å². The van der Waals surface area contributed by atoms with Crippen molar-refractivity contribution in [2.45, 2.75) is 51.9 Å². The van der Waals surface area contributed by atoms with Crippen molar-refractivity contribution in [1.29, 1.82) is 0 Å². The fraction of sp³-hybridized carbons (Fsp3) is 0.923. The lowest BCUT2D eigenvalue weighted by Gasteiger charge is -2.21. The predicted molar refractivity (Wildman–Crippen MR) is 74.7 cm³/mol. The Hall–Kier alpha value is -0.620. The molecule has 6 heteroatoms. The molecule has 1 saturated heterocycles. The van der Waals surface area contributed by atoms with Crippen LogP contribution in [0.3, 0.4) is 0 Å². The fourth-order valence-corrected chi connectivity index (χ4v) is 3.92. The first-order chi connectivity index (χ1) is 8.62. The van der Waals surface area contributed by atoms with Crippen LogP contribution in [0, 0.1) is 5.41 Å². The molecule has 19 heavy (non-hydrogen) atoms. The molecule has 0 unspecified atom stereocenters. The quantitative estimate of drug-likeness (QED) is 0.824. The van der Waals surface area contributed by atoms with Gasteiger partial charge in [0.05, 0.1) is 11.9 Å². The topological polar surface area (TPSA) is 72.5 Å². The van der Waals surface area contributed by atoms with E-state index in [9.17, 15) is 13.2 Å². The number of hydrogen-bond acceptors (Lipinski definition) is 4. The molecule has 5 nitrogen and oxygen atoms in total. The van der Waals surface area contributed by atoms with Crippen molar-refractivity contribution in [2.24, 2.45) is 5.41 Å². The highest BCUT2D eigenvalue weighted by Gasteiger charge is 2.32. The van der Waals surface area contributed by atoms with Crippen molar-refractivity contribution in [2.75, 3.05) is 18.9 Å². The fourth-order valence-electron chi connectivity index (χ4n) is 2.06. The average Bonchev–Trinajstić information content (AvgIpc) is 2.74. The molecule has 0 spiro atoms. The molecule has 0 aromatic carbocycles. The van der Waals surface area contributed by atoms with Crippen LogP contribution in [-0.2, 0) is 19.4 Å². The van der Waals surface area contributed by atoms with Crippen molar-refractivity contribution in [3.05, 3.63) is 0 Å². The van der Waals surface area contributed by atoms with E-state index in [0.29, 0.717) is 6.54 Å². The molecule has 0 saturated carbocycles. The van der Waals surface area contributed by atoms with Crippen LogP contribution in [0.15, 0.2) is 0 Å². The number of amides is 1. The van der Waals surface area contributed by atoms with E-state index >= 15 is 0 Å². The summed E-state index contributed by atoms with van der Waals surface area (Å²) in [5.74, 6) is -0.422. The molecule has 1 amide bonds. The first-order valence-corrected chi connectivity index (χ1v) is 8.44. The minimum Gasteiger partial charge on any atom is -0.376 e. The number of ether oxygens (including phenoxy) is 1. The minimum atomic E-state index is -3.42. The zero-order valence-corrected chi connectivity index (χ0v) is 13.0. The third-order valence-electron chi connectivity index (χ3n) is 3.07. The highest BCUT2D eigenvalue weighted by Crippen LogP contribution is 2.19. The van der Waals surface area contributed by atoms with Crippen molar-refractivity contribution in [1.82, 2.24) is 5.32 Å². The zero-order valence-electron chi connectivity index (χ0n) is 12.2. The summed E-state index contributed by atoms with van der Waals surface area (Å²) in [4.78, 5) is 11.9. The number of sulfone groups is 1. The second-order valence-electron chi connectivity index (χ2n) is 6.39. The van der Waals surface area contributed by atoms with Crippen LogP contribution < -0.4 is 5.32 Å². The summed E-state index contributed by atoms with van der Waals surface area (Å²) in [5, 5.41) is 1.67. The van der Waals surface area contributed by atoms with Crippen LogP contribution in [0.4, 0.5) is 0 Å². The van der Waals surface area contributed by atoms with Crippen molar-refractivity contribution >= 4 is 15.7 Å². The van der Waals surface area contributed by atoms with Gasteiger partial charge >= 0.3 is 0 Å². The molecule has 1 fully saturated rings. The van der Waals surface area contributed by atoms with E-state index in [2.05, 4.69) is 5.32 Å². The summed E-state index contributed by atoms with van der Waals surface area (Å²) >= 11 is 0. The number of rotatable bonds is 5. The maximum Gasteiger partial charge on any atom is 0.238 e. The van der Waals surface area contributed by atoms with Gasteiger partial charge in [-0.05, 0) is 25.2 Å². The van der Waals surface area contributed by atoms with Gasteiger partial charge in [0.2, 0.25) is 5.91 Å². The molecular formula is C13H25NO4S. The lowest BCUT2D eigenvalue weighted by Crippen LogP contribution is -2.43. The monoisotopic (exact) mass is 291 g/mol. The molecule has 0 aromatic rings. The zero-order chi connectivity index (χ0) is 14.7. The van der Waals surface area contributed by atoms with Gasteiger partial charge in [-0.2, -0.15) is 0 Å². The Bertz CT molecular complexity index is 405. The van der Waals surface area contributed by atoms with Gasteiger partial charge in [-0.3, -0.25) is 4.79 Å². The molecule has 0 aliphatic carbocycles. The third kappa shape index (κ3) is 5.48. The minimum absolute atomic E-state index is 0.00845. The molecular weight excluding hydrogens is 266 g/mol. The normalized spacial score (nSPS) is 22.2. The Kier molecular flexibility index (Phi) is 5.38. The van der Waals surface area contributed by atoms with Gasteiger partial charge in [0.1, 0.15) is 5.25 Å². The highest BCUT2D eigenvalue weighted by atomic mass is 32.2. The standard InChI is InChI=1S/C13H25NO4S/c1-10(19(16,17)9-13(2,3)4)12(15)14-8-11-6-5-7-18-11/h10-11H,5-9H2,1-4H3,(H,14,15)/t10-,11-/m0/s1. The van der Waals surface area contributed by atoms with E-state index in [0.717, 1.165) is 19.4 Å². The number of carbonyl (C=O) groups excluding carboxylic acids is 1. The van der Waals surface area contributed by atoms with E-state index < -0.39 is 21.0 Å². The van der Waals surface area contributed by atoms with Crippen LogP contribution in [0.2, 0.25) is 0 Å². The molecule has 1 rings (SSSR count). The van der Waals surface area contributed by atoms with Gasteiger partial charge in [-0.25, -0.2) is 8.42 Å². The smallest absolute Gasteiger partial charge is 0.238 e. The highest BCUT2D eigenvalue weighted by molar-refractivity contribution is 7.92. The molecule has 2 atom stereocenters. The van der Waals surface area contributed by atoms with Crippen molar-refractivity contribution < 1.29 is 17.9 Å². The number of nitrogens with one attached hydrogen (secondary N) is 1. The van der Waals surface area contributed by atoms with Gasteiger partial charge in [-0.1, -0.05) is 20.8 Å². The molecule has 0 aromatic heterocycles. The molecule has 1 aliphatic heterocycles. The van der Waals surface area contributed by atoms with E-state index in [-0.39, 0.29) is 17.3 Å². The summed E-state index contributed by atoms with van der Waals surface area (Å²) in [6.45, 7) is 8.11. The van der Waals surface area contributed by atoms with Crippen LogP contribution in [0.1, 0.15) is 40.5 Å². The SMILES string of the molecule is C[C@@H](C(=O)NC[C@@H]1CCCO1)S(=O)(=O)CC(C)(C)C. The van der Waals surface area contributed by atoms with Crippen LogP contribution in [-0.4, -0.2) is 44.6 Å². The van der Waals surface area contributed by atoms with Gasteiger partial charge in [0, 0.05) is 13.2 Å². The summed E-state index contributed by atoms with van der Waals surface area (Å²) in [5.41, 5.74) is -0.345. The third-order valence-corrected chi connectivity index (χ3v) is 5.63. The predicted octanol–water partition coefficient (Wildman–Crippen LogP) is 1.13. The van der Waals surface area contributed by atoms with Gasteiger partial charge in [-0.15, -0.1) is 0 Å². The van der Waals surface area contributed by atoms with Crippen LogP contribution >= 0.6 is 0 Å². The Morgan fingerprint density at radius 1 is 1.42 bits per heavy atom. The Labute approximate surface area is 116 Å². The average molecular weight is 291 g/mol. The van der Waals surface area contributed by atoms with E-state index in [1.165, 1.54) is 6.92 Å². The van der Waals surface area contributed by atoms with E-state index in [1.54, 1.807) is 0 Å². The maximum atomic E-state index is 12.1. The molecule has 0 radical (unpaired) electrons. The first kappa shape index (κ1) is 16.4. The number of carbonyl (C=O) groups is 1. The first-order valence-electron chi connectivity index (χ1n) is 6.73. The van der Waals surface area contributed by atoms with Crippen molar-refractivity contribution in [3.8, 4) is 0 Å². The summed E-state index contributed by atoms with van der Waals surface area (Å²) in [6, 6.07) is 0. The molecule has 112 valence electrons. The molecule has 1 aliphatic rings. The van der Waals surface area contributed by atoms with E-state index in [1.807, 2.05) is 20.8 Å². The second-order valence-corrected chi connectivity index (χ2v) is 8.71. The maximum absolute atomic E-state index is 12.1. The Balaban J connectivity index is 2.50. The Morgan fingerprint density at radius 2 is 2.05 bits per heavy atom. The van der Waals surface area contributed by atoms with Gasteiger partial charge in [0.25, 0.3) is 0 Å². The number of hydrogen-bond donors (Lipinski definition) is 1. The largest absolute Gasteiger partial charge is 0.376 e.